The molecule has 1 aromatic rings. The maximum absolute atomic E-state index is 12.5. The van der Waals surface area contributed by atoms with Gasteiger partial charge in [0, 0.05) is 6.54 Å². The molecular weight excluding hydrogens is 258 g/mol. The SMILES string of the molecule is CCCCN(CC(N)=O)C(=O)c1cccc(N)c1OC. The molecule has 0 atom stereocenters. The van der Waals surface area contributed by atoms with E-state index >= 15 is 0 Å². The van der Waals surface area contributed by atoms with Crippen molar-refractivity contribution in [3.05, 3.63) is 23.8 Å². The predicted octanol–water partition coefficient (Wildman–Crippen LogP) is 1.00. The van der Waals surface area contributed by atoms with Gasteiger partial charge in [-0.15, -0.1) is 0 Å². The van der Waals surface area contributed by atoms with Crippen LogP contribution in [-0.2, 0) is 4.79 Å². The number of nitrogens with zero attached hydrogens (tertiary/aromatic N) is 1. The van der Waals surface area contributed by atoms with E-state index in [2.05, 4.69) is 0 Å². The highest BCUT2D eigenvalue weighted by Gasteiger charge is 2.21. The van der Waals surface area contributed by atoms with Gasteiger partial charge >= 0.3 is 0 Å². The van der Waals surface area contributed by atoms with Crippen molar-refractivity contribution in [3.8, 4) is 5.75 Å². The number of ether oxygens (including phenoxy) is 1. The smallest absolute Gasteiger partial charge is 0.258 e. The molecule has 0 heterocycles. The van der Waals surface area contributed by atoms with Crippen LogP contribution >= 0.6 is 0 Å². The lowest BCUT2D eigenvalue weighted by Crippen LogP contribution is -2.39. The Balaban J connectivity index is 3.04. The van der Waals surface area contributed by atoms with Crippen LogP contribution in [0.1, 0.15) is 30.1 Å². The summed E-state index contributed by atoms with van der Waals surface area (Å²) in [7, 11) is 1.45. The van der Waals surface area contributed by atoms with Crippen molar-refractivity contribution in [1.82, 2.24) is 4.90 Å². The molecule has 0 saturated heterocycles. The van der Waals surface area contributed by atoms with E-state index in [0.29, 0.717) is 23.5 Å². The van der Waals surface area contributed by atoms with E-state index in [0.717, 1.165) is 12.8 Å². The van der Waals surface area contributed by atoms with Crippen molar-refractivity contribution < 1.29 is 14.3 Å². The summed E-state index contributed by atoms with van der Waals surface area (Å²) in [5.41, 5.74) is 11.7. The number of anilines is 1. The second-order valence-corrected chi connectivity index (χ2v) is 4.47. The number of nitrogen functional groups attached to an aromatic ring is 1. The Morgan fingerprint density at radius 1 is 1.35 bits per heavy atom. The Kier molecular flexibility index (Phi) is 5.83. The highest BCUT2D eigenvalue weighted by molar-refractivity contribution is 6.00. The van der Waals surface area contributed by atoms with Crippen molar-refractivity contribution in [2.45, 2.75) is 19.8 Å². The van der Waals surface area contributed by atoms with Crippen molar-refractivity contribution in [2.24, 2.45) is 5.73 Å². The lowest BCUT2D eigenvalue weighted by Gasteiger charge is -2.22. The van der Waals surface area contributed by atoms with Crippen LogP contribution in [0.4, 0.5) is 5.69 Å². The number of methoxy groups -OCH3 is 1. The lowest BCUT2D eigenvalue weighted by atomic mass is 10.1. The fraction of sp³-hybridized carbons (Fsp3) is 0.429. The van der Waals surface area contributed by atoms with Gasteiger partial charge in [0.1, 0.15) is 0 Å². The van der Waals surface area contributed by atoms with Gasteiger partial charge in [-0.3, -0.25) is 9.59 Å². The zero-order chi connectivity index (χ0) is 15.1. The molecule has 4 N–H and O–H groups in total. The maximum Gasteiger partial charge on any atom is 0.258 e. The van der Waals surface area contributed by atoms with Gasteiger partial charge in [0.25, 0.3) is 5.91 Å². The second-order valence-electron chi connectivity index (χ2n) is 4.47. The third-order valence-corrected chi connectivity index (χ3v) is 2.90. The first-order valence-corrected chi connectivity index (χ1v) is 6.51. The number of primary amides is 1. The van der Waals surface area contributed by atoms with Gasteiger partial charge in [-0.1, -0.05) is 19.4 Å². The van der Waals surface area contributed by atoms with Crippen LogP contribution in [0.3, 0.4) is 0 Å². The van der Waals surface area contributed by atoms with Crippen LogP contribution in [0, 0.1) is 0 Å². The molecule has 0 spiro atoms. The average molecular weight is 279 g/mol. The number of carbonyl (C=O) groups excluding carboxylic acids is 2. The highest BCUT2D eigenvalue weighted by atomic mass is 16.5. The maximum atomic E-state index is 12.5. The molecule has 0 bridgehead atoms. The minimum absolute atomic E-state index is 0.114. The van der Waals surface area contributed by atoms with E-state index in [1.807, 2.05) is 6.92 Å². The first-order chi connectivity index (χ1) is 9.51. The molecule has 0 aliphatic heterocycles. The zero-order valence-corrected chi connectivity index (χ0v) is 11.9. The van der Waals surface area contributed by atoms with E-state index in [1.54, 1.807) is 18.2 Å². The quantitative estimate of drug-likeness (QED) is 0.727. The van der Waals surface area contributed by atoms with Gasteiger partial charge in [-0.05, 0) is 18.6 Å². The van der Waals surface area contributed by atoms with E-state index < -0.39 is 5.91 Å². The Morgan fingerprint density at radius 3 is 2.60 bits per heavy atom. The van der Waals surface area contributed by atoms with Gasteiger partial charge < -0.3 is 21.1 Å². The van der Waals surface area contributed by atoms with Crippen molar-refractivity contribution in [1.29, 1.82) is 0 Å². The third-order valence-electron chi connectivity index (χ3n) is 2.90. The van der Waals surface area contributed by atoms with Gasteiger partial charge in [-0.25, -0.2) is 0 Å². The summed E-state index contributed by atoms with van der Waals surface area (Å²) in [6.07, 6.45) is 1.71. The van der Waals surface area contributed by atoms with Crippen LogP contribution < -0.4 is 16.2 Å². The van der Waals surface area contributed by atoms with Crippen LogP contribution in [0.2, 0.25) is 0 Å². The molecule has 6 heteroatoms. The van der Waals surface area contributed by atoms with E-state index in [1.165, 1.54) is 12.0 Å². The van der Waals surface area contributed by atoms with E-state index in [4.69, 9.17) is 16.2 Å². The summed E-state index contributed by atoms with van der Waals surface area (Å²) in [6.45, 7) is 2.36. The van der Waals surface area contributed by atoms with Gasteiger partial charge in [0.2, 0.25) is 5.91 Å². The summed E-state index contributed by atoms with van der Waals surface area (Å²) in [5, 5.41) is 0. The summed E-state index contributed by atoms with van der Waals surface area (Å²) in [4.78, 5) is 25.0. The number of para-hydroxylation sites is 1. The highest BCUT2D eigenvalue weighted by Crippen LogP contribution is 2.27. The number of hydrogen-bond donors (Lipinski definition) is 2. The first-order valence-electron chi connectivity index (χ1n) is 6.51. The Labute approximate surface area is 118 Å². The minimum Gasteiger partial charge on any atom is -0.494 e. The monoisotopic (exact) mass is 279 g/mol. The number of nitrogens with two attached hydrogens (primary N) is 2. The standard InChI is InChI=1S/C14H21N3O3/c1-3-4-8-17(9-12(16)18)14(19)10-6-5-7-11(15)13(10)20-2/h5-7H,3-4,8-9,15H2,1-2H3,(H2,16,18). The summed E-state index contributed by atoms with van der Waals surface area (Å²) < 4.78 is 5.17. The Morgan fingerprint density at radius 2 is 2.05 bits per heavy atom. The summed E-state index contributed by atoms with van der Waals surface area (Å²) in [5.74, 6) is -0.526. The molecule has 0 saturated carbocycles. The Hall–Kier alpha value is -2.24. The Bertz CT molecular complexity index is 489. The number of amides is 2. The molecule has 0 aromatic heterocycles. The fourth-order valence-corrected chi connectivity index (χ4v) is 1.91. The molecule has 0 aliphatic carbocycles. The molecule has 6 nitrogen and oxygen atoms in total. The predicted molar refractivity (Wildman–Crippen MR) is 77.4 cm³/mol. The molecule has 1 aromatic carbocycles. The zero-order valence-electron chi connectivity index (χ0n) is 11.9. The van der Waals surface area contributed by atoms with Gasteiger partial charge in [0.15, 0.2) is 5.75 Å². The van der Waals surface area contributed by atoms with Crippen LogP contribution in [0.25, 0.3) is 0 Å². The lowest BCUT2D eigenvalue weighted by molar-refractivity contribution is -0.118. The molecule has 2 amide bonds. The number of carbonyl (C=O) groups is 2. The largest absolute Gasteiger partial charge is 0.494 e. The normalized spacial score (nSPS) is 10.1. The number of hydrogen-bond acceptors (Lipinski definition) is 4. The molecule has 0 radical (unpaired) electrons. The van der Waals surface area contributed by atoms with E-state index in [9.17, 15) is 9.59 Å². The van der Waals surface area contributed by atoms with Crippen LogP contribution in [-0.4, -0.2) is 36.9 Å². The van der Waals surface area contributed by atoms with Crippen molar-refractivity contribution in [2.75, 3.05) is 25.9 Å². The average Bonchev–Trinajstić information content (AvgIpc) is 2.42. The first kappa shape index (κ1) is 15.8. The minimum atomic E-state index is -0.544. The molecule has 0 fully saturated rings. The number of benzene rings is 1. The molecule has 110 valence electrons. The molecule has 1 rings (SSSR count). The molecule has 20 heavy (non-hydrogen) atoms. The molecule has 0 unspecified atom stereocenters. The van der Waals surface area contributed by atoms with Gasteiger partial charge in [-0.2, -0.15) is 0 Å². The molecular formula is C14H21N3O3. The number of rotatable bonds is 7. The molecule has 0 aliphatic rings. The summed E-state index contributed by atoms with van der Waals surface area (Å²) in [6, 6.07) is 4.95. The van der Waals surface area contributed by atoms with Crippen LogP contribution in [0.15, 0.2) is 18.2 Å². The fourth-order valence-electron chi connectivity index (χ4n) is 1.91. The van der Waals surface area contributed by atoms with Crippen LogP contribution in [0.5, 0.6) is 5.75 Å². The second kappa shape index (κ2) is 7.37. The van der Waals surface area contributed by atoms with Crippen molar-refractivity contribution >= 4 is 17.5 Å². The topological polar surface area (TPSA) is 98.7 Å². The number of unbranched alkanes of at least 4 members (excludes halogenated alkanes) is 1. The summed E-state index contributed by atoms with van der Waals surface area (Å²) >= 11 is 0. The third kappa shape index (κ3) is 3.88. The van der Waals surface area contributed by atoms with Gasteiger partial charge in [0.05, 0.1) is 24.9 Å². The van der Waals surface area contributed by atoms with Crippen molar-refractivity contribution in [3.63, 3.8) is 0 Å². The van der Waals surface area contributed by atoms with E-state index in [-0.39, 0.29) is 12.5 Å².